The lowest BCUT2D eigenvalue weighted by Gasteiger charge is -2.03. The summed E-state index contributed by atoms with van der Waals surface area (Å²) in [6.45, 7) is 0. The maximum absolute atomic E-state index is 13.1. The van der Waals surface area contributed by atoms with E-state index in [9.17, 15) is 9.18 Å². The minimum Gasteiger partial charge on any atom is -0.305 e. The molecular formula is C14H8FN3O. The van der Waals surface area contributed by atoms with E-state index in [2.05, 4.69) is 4.98 Å². The van der Waals surface area contributed by atoms with Gasteiger partial charge in [0.25, 0.3) is 0 Å². The van der Waals surface area contributed by atoms with E-state index >= 15 is 0 Å². The van der Waals surface area contributed by atoms with Crippen LogP contribution in [0.15, 0.2) is 47.3 Å². The summed E-state index contributed by atoms with van der Waals surface area (Å²) >= 11 is 0. The smallest absolute Gasteiger partial charge is 0.305 e. The maximum Gasteiger partial charge on any atom is 0.331 e. The van der Waals surface area contributed by atoms with E-state index in [-0.39, 0.29) is 5.69 Å². The molecule has 5 heteroatoms. The molecule has 0 saturated heterocycles. The van der Waals surface area contributed by atoms with E-state index in [4.69, 9.17) is 5.26 Å². The van der Waals surface area contributed by atoms with E-state index in [0.717, 1.165) is 0 Å². The van der Waals surface area contributed by atoms with Gasteiger partial charge in [0.2, 0.25) is 0 Å². The van der Waals surface area contributed by atoms with E-state index in [0.29, 0.717) is 22.3 Å². The number of imidazole rings is 1. The predicted octanol–water partition coefficient (Wildman–Crippen LogP) is 2.33. The molecule has 0 spiro atoms. The second kappa shape index (κ2) is 4.10. The molecule has 2 aromatic carbocycles. The van der Waals surface area contributed by atoms with Gasteiger partial charge in [0.05, 0.1) is 28.4 Å². The van der Waals surface area contributed by atoms with Crippen LogP contribution >= 0.6 is 0 Å². The van der Waals surface area contributed by atoms with Crippen molar-refractivity contribution in [1.29, 1.82) is 5.26 Å². The highest BCUT2D eigenvalue weighted by Gasteiger charge is 2.09. The molecule has 0 aliphatic carbocycles. The number of hydrogen-bond acceptors (Lipinski definition) is 2. The van der Waals surface area contributed by atoms with Gasteiger partial charge in [-0.05, 0) is 36.4 Å². The van der Waals surface area contributed by atoms with Gasteiger partial charge in [0.15, 0.2) is 0 Å². The Labute approximate surface area is 107 Å². The molecule has 0 bridgehead atoms. The van der Waals surface area contributed by atoms with E-state index in [1.807, 2.05) is 6.07 Å². The number of benzene rings is 2. The molecule has 19 heavy (non-hydrogen) atoms. The Morgan fingerprint density at radius 3 is 2.84 bits per heavy atom. The van der Waals surface area contributed by atoms with Gasteiger partial charge in [-0.25, -0.2) is 9.18 Å². The first-order valence-corrected chi connectivity index (χ1v) is 5.60. The molecule has 0 saturated carbocycles. The number of aromatic nitrogens is 2. The summed E-state index contributed by atoms with van der Waals surface area (Å²) in [4.78, 5) is 14.5. The van der Waals surface area contributed by atoms with Crippen molar-refractivity contribution < 1.29 is 4.39 Å². The topological polar surface area (TPSA) is 61.6 Å². The van der Waals surface area contributed by atoms with Crippen LogP contribution in [0.4, 0.5) is 4.39 Å². The quantitative estimate of drug-likeness (QED) is 0.723. The van der Waals surface area contributed by atoms with Crippen LogP contribution in [-0.2, 0) is 0 Å². The van der Waals surface area contributed by atoms with Gasteiger partial charge in [-0.1, -0.05) is 6.07 Å². The predicted molar refractivity (Wildman–Crippen MR) is 68.6 cm³/mol. The molecule has 3 aromatic rings. The molecular weight excluding hydrogens is 245 g/mol. The number of nitrogens with one attached hydrogen (secondary N) is 1. The average Bonchev–Trinajstić information content (AvgIpc) is 2.73. The first-order chi connectivity index (χ1) is 9.19. The highest BCUT2D eigenvalue weighted by Crippen LogP contribution is 2.17. The zero-order valence-electron chi connectivity index (χ0n) is 9.72. The molecule has 1 heterocycles. The van der Waals surface area contributed by atoms with E-state index < -0.39 is 5.82 Å². The van der Waals surface area contributed by atoms with Crippen molar-refractivity contribution in [3.05, 3.63) is 64.3 Å². The van der Waals surface area contributed by atoms with Crippen LogP contribution in [0.5, 0.6) is 0 Å². The first kappa shape index (κ1) is 11.2. The van der Waals surface area contributed by atoms with Gasteiger partial charge < -0.3 is 4.98 Å². The lowest BCUT2D eigenvalue weighted by molar-refractivity contribution is 0.629. The Morgan fingerprint density at radius 1 is 1.21 bits per heavy atom. The van der Waals surface area contributed by atoms with E-state index in [1.54, 1.807) is 24.3 Å². The summed E-state index contributed by atoms with van der Waals surface area (Å²) in [5.41, 5.74) is 1.66. The van der Waals surface area contributed by atoms with Gasteiger partial charge >= 0.3 is 5.69 Å². The van der Waals surface area contributed by atoms with Crippen molar-refractivity contribution in [2.45, 2.75) is 0 Å². The van der Waals surface area contributed by atoms with E-state index in [1.165, 1.54) is 22.8 Å². The van der Waals surface area contributed by atoms with Crippen molar-refractivity contribution in [3.63, 3.8) is 0 Å². The van der Waals surface area contributed by atoms with Crippen LogP contribution < -0.4 is 5.69 Å². The van der Waals surface area contributed by atoms with Crippen molar-refractivity contribution in [2.75, 3.05) is 0 Å². The number of fused-ring (bicyclic) bond motifs is 1. The molecule has 92 valence electrons. The lowest BCUT2D eigenvalue weighted by Crippen LogP contribution is -2.14. The number of H-pyrrole nitrogens is 1. The molecule has 3 rings (SSSR count). The Balaban J connectivity index is 2.33. The summed E-state index contributed by atoms with van der Waals surface area (Å²) < 4.78 is 14.5. The van der Waals surface area contributed by atoms with Crippen LogP contribution in [-0.4, -0.2) is 9.55 Å². The number of nitrogens with zero attached hydrogens (tertiary/aromatic N) is 2. The standard InChI is InChI=1S/C14H8FN3O/c15-10-4-5-13-12(7-10)17-14(19)18(13)11-3-1-2-9(6-11)8-16/h1-7H,(H,17,19). The van der Waals surface area contributed by atoms with Gasteiger partial charge in [0, 0.05) is 0 Å². The Morgan fingerprint density at radius 2 is 2.05 bits per heavy atom. The van der Waals surface area contributed by atoms with Crippen LogP contribution in [0.25, 0.3) is 16.7 Å². The lowest BCUT2D eigenvalue weighted by atomic mass is 10.2. The second-order valence-electron chi connectivity index (χ2n) is 4.09. The molecule has 0 atom stereocenters. The number of rotatable bonds is 1. The van der Waals surface area contributed by atoms with Crippen molar-refractivity contribution in [3.8, 4) is 11.8 Å². The summed E-state index contributed by atoms with van der Waals surface area (Å²) in [6.07, 6.45) is 0. The highest BCUT2D eigenvalue weighted by molar-refractivity contribution is 5.77. The van der Waals surface area contributed by atoms with Crippen molar-refractivity contribution in [2.24, 2.45) is 0 Å². The van der Waals surface area contributed by atoms with Crippen LogP contribution in [0.3, 0.4) is 0 Å². The minimum absolute atomic E-state index is 0.365. The van der Waals surface area contributed by atoms with Crippen LogP contribution in [0, 0.1) is 17.1 Å². The highest BCUT2D eigenvalue weighted by atomic mass is 19.1. The number of halogens is 1. The normalized spacial score (nSPS) is 10.5. The van der Waals surface area contributed by atoms with Crippen molar-refractivity contribution >= 4 is 11.0 Å². The molecule has 1 aromatic heterocycles. The molecule has 1 N–H and O–H groups in total. The second-order valence-corrected chi connectivity index (χ2v) is 4.09. The minimum atomic E-state index is -0.410. The fourth-order valence-electron chi connectivity index (χ4n) is 2.05. The monoisotopic (exact) mass is 253 g/mol. The molecule has 0 fully saturated rings. The largest absolute Gasteiger partial charge is 0.331 e. The van der Waals surface area contributed by atoms with Gasteiger partial charge in [0.1, 0.15) is 5.82 Å². The molecule has 0 unspecified atom stereocenters. The Bertz CT molecular complexity index is 870. The third-order valence-corrected chi connectivity index (χ3v) is 2.88. The number of hydrogen-bond donors (Lipinski definition) is 1. The fourth-order valence-corrected chi connectivity index (χ4v) is 2.05. The fraction of sp³-hybridized carbons (Fsp3) is 0. The number of nitriles is 1. The molecule has 0 amide bonds. The summed E-state index contributed by atoms with van der Waals surface area (Å²) in [7, 11) is 0. The number of aromatic amines is 1. The zero-order chi connectivity index (χ0) is 13.4. The Hall–Kier alpha value is -2.87. The maximum atomic E-state index is 13.1. The van der Waals surface area contributed by atoms with Crippen LogP contribution in [0.2, 0.25) is 0 Å². The van der Waals surface area contributed by atoms with Gasteiger partial charge in [-0.15, -0.1) is 0 Å². The third kappa shape index (κ3) is 1.79. The van der Waals surface area contributed by atoms with Crippen LogP contribution in [0.1, 0.15) is 5.56 Å². The summed E-state index contributed by atoms with van der Waals surface area (Å²) in [5, 5.41) is 8.88. The van der Waals surface area contributed by atoms with Crippen molar-refractivity contribution in [1.82, 2.24) is 9.55 Å². The average molecular weight is 253 g/mol. The Kier molecular flexibility index (Phi) is 2.43. The van der Waals surface area contributed by atoms with Gasteiger partial charge in [-0.3, -0.25) is 4.57 Å². The molecule has 0 aliphatic rings. The zero-order valence-corrected chi connectivity index (χ0v) is 9.72. The summed E-state index contributed by atoms with van der Waals surface area (Å²) in [5.74, 6) is -0.410. The SMILES string of the molecule is N#Cc1cccc(-n2c(=O)[nH]c3cc(F)ccc32)c1. The first-order valence-electron chi connectivity index (χ1n) is 5.60. The molecule has 0 aliphatic heterocycles. The third-order valence-electron chi connectivity index (χ3n) is 2.88. The van der Waals surface area contributed by atoms with Gasteiger partial charge in [-0.2, -0.15) is 5.26 Å². The summed E-state index contributed by atoms with van der Waals surface area (Å²) in [6, 6.07) is 12.8. The molecule has 0 radical (unpaired) electrons. The molecule has 4 nitrogen and oxygen atoms in total.